The smallest absolute Gasteiger partial charge is 0.225 e. The highest BCUT2D eigenvalue weighted by atomic mass is 16.5. The predicted octanol–water partition coefficient (Wildman–Crippen LogP) is 0.233. The molecule has 3 rings (SSSR count). The van der Waals surface area contributed by atoms with Crippen molar-refractivity contribution in [2.75, 3.05) is 32.8 Å². The molecule has 16 heavy (non-hydrogen) atoms. The standard InChI is InChI=1S/C12H20N2O2/c15-12(9-2-5-16-6-3-9)14-7-10-1-4-13-11(10)8-14/h9-11,13H,1-8H2/t10-,11+/m1/s1. The van der Waals surface area contributed by atoms with Crippen LogP contribution >= 0.6 is 0 Å². The van der Waals surface area contributed by atoms with Gasteiger partial charge in [0, 0.05) is 38.3 Å². The molecule has 4 nitrogen and oxygen atoms in total. The summed E-state index contributed by atoms with van der Waals surface area (Å²) in [6.07, 6.45) is 3.07. The first-order valence-corrected chi connectivity index (χ1v) is 6.44. The first kappa shape index (κ1) is 10.5. The Morgan fingerprint density at radius 2 is 2.00 bits per heavy atom. The average molecular weight is 224 g/mol. The SMILES string of the molecule is O=C(C1CCOCC1)N1C[C@H]2CCN[C@H]2C1. The van der Waals surface area contributed by atoms with Gasteiger partial charge in [-0.2, -0.15) is 0 Å². The van der Waals surface area contributed by atoms with Gasteiger partial charge in [0.05, 0.1) is 0 Å². The largest absolute Gasteiger partial charge is 0.381 e. The van der Waals surface area contributed by atoms with Crippen LogP contribution in [0.4, 0.5) is 0 Å². The van der Waals surface area contributed by atoms with E-state index in [4.69, 9.17) is 4.74 Å². The summed E-state index contributed by atoms with van der Waals surface area (Å²) in [6.45, 7) is 4.56. The lowest BCUT2D eigenvalue weighted by molar-refractivity contribution is -0.137. The van der Waals surface area contributed by atoms with Crippen molar-refractivity contribution in [1.82, 2.24) is 10.2 Å². The summed E-state index contributed by atoms with van der Waals surface area (Å²) >= 11 is 0. The van der Waals surface area contributed by atoms with Crippen LogP contribution in [-0.2, 0) is 9.53 Å². The van der Waals surface area contributed by atoms with E-state index in [9.17, 15) is 4.79 Å². The van der Waals surface area contributed by atoms with Crippen molar-refractivity contribution in [2.45, 2.75) is 25.3 Å². The molecule has 2 atom stereocenters. The van der Waals surface area contributed by atoms with Gasteiger partial charge in [-0.25, -0.2) is 0 Å². The van der Waals surface area contributed by atoms with Gasteiger partial charge in [-0.1, -0.05) is 0 Å². The molecule has 0 radical (unpaired) electrons. The third kappa shape index (κ3) is 1.84. The third-order valence-electron chi connectivity index (χ3n) is 4.24. The molecule has 0 unspecified atom stereocenters. The lowest BCUT2D eigenvalue weighted by Gasteiger charge is -2.26. The van der Waals surface area contributed by atoms with Crippen molar-refractivity contribution in [3.63, 3.8) is 0 Å². The Morgan fingerprint density at radius 1 is 1.19 bits per heavy atom. The Hall–Kier alpha value is -0.610. The first-order chi connectivity index (χ1) is 7.84. The molecule has 90 valence electrons. The molecule has 0 aliphatic carbocycles. The van der Waals surface area contributed by atoms with E-state index in [-0.39, 0.29) is 5.92 Å². The number of carbonyl (C=O) groups is 1. The number of fused-ring (bicyclic) bond motifs is 1. The molecule has 0 spiro atoms. The van der Waals surface area contributed by atoms with Crippen LogP contribution in [0.15, 0.2) is 0 Å². The molecule has 0 aromatic rings. The Kier molecular flexibility index (Phi) is 2.86. The maximum absolute atomic E-state index is 12.3. The number of ether oxygens (including phenoxy) is 1. The van der Waals surface area contributed by atoms with Crippen molar-refractivity contribution >= 4 is 5.91 Å². The fraction of sp³-hybridized carbons (Fsp3) is 0.917. The quantitative estimate of drug-likeness (QED) is 0.693. The summed E-state index contributed by atoms with van der Waals surface area (Å²) < 4.78 is 5.30. The van der Waals surface area contributed by atoms with Crippen molar-refractivity contribution in [2.24, 2.45) is 11.8 Å². The van der Waals surface area contributed by atoms with E-state index in [0.717, 1.165) is 45.7 Å². The highest BCUT2D eigenvalue weighted by molar-refractivity contribution is 5.79. The van der Waals surface area contributed by atoms with Gasteiger partial charge in [0.25, 0.3) is 0 Å². The van der Waals surface area contributed by atoms with Crippen LogP contribution < -0.4 is 5.32 Å². The van der Waals surface area contributed by atoms with Gasteiger partial charge in [-0.15, -0.1) is 0 Å². The van der Waals surface area contributed by atoms with Gasteiger partial charge in [0.15, 0.2) is 0 Å². The fourth-order valence-electron chi connectivity index (χ4n) is 3.23. The topological polar surface area (TPSA) is 41.6 Å². The van der Waals surface area contributed by atoms with Crippen molar-refractivity contribution < 1.29 is 9.53 Å². The van der Waals surface area contributed by atoms with E-state index < -0.39 is 0 Å². The molecule has 3 aliphatic heterocycles. The van der Waals surface area contributed by atoms with Crippen LogP contribution in [0.5, 0.6) is 0 Å². The predicted molar refractivity (Wildman–Crippen MR) is 60.0 cm³/mol. The molecule has 3 aliphatic rings. The van der Waals surface area contributed by atoms with Gasteiger partial charge in [-0.05, 0) is 31.7 Å². The zero-order valence-corrected chi connectivity index (χ0v) is 9.65. The number of nitrogens with zero attached hydrogens (tertiary/aromatic N) is 1. The highest BCUT2D eigenvalue weighted by Crippen LogP contribution is 2.27. The van der Waals surface area contributed by atoms with Crippen molar-refractivity contribution in [3.8, 4) is 0 Å². The lowest BCUT2D eigenvalue weighted by Crippen LogP contribution is -2.39. The van der Waals surface area contributed by atoms with Gasteiger partial charge in [0.1, 0.15) is 0 Å². The van der Waals surface area contributed by atoms with Gasteiger partial charge >= 0.3 is 0 Å². The number of amides is 1. The van der Waals surface area contributed by atoms with E-state index in [0.29, 0.717) is 17.9 Å². The summed E-state index contributed by atoms with van der Waals surface area (Å²) in [5.74, 6) is 1.32. The zero-order valence-electron chi connectivity index (χ0n) is 9.65. The second-order valence-corrected chi connectivity index (χ2v) is 5.24. The summed E-state index contributed by atoms with van der Waals surface area (Å²) in [7, 11) is 0. The summed E-state index contributed by atoms with van der Waals surface area (Å²) in [5, 5.41) is 3.49. The van der Waals surface area contributed by atoms with E-state index in [1.807, 2.05) is 0 Å². The number of nitrogens with one attached hydrogen (secondary N) is 1. The highest BCUT2D eigenvalue weighted by Gasteiger charge is 2.39. The molecular formula is C12H20N2O2. The van der Waals surface area contributed by atoms with Crippen LogP contribution in [0.25, 0.3) is 0 Å². The minimum atomic E-state index is 0.229. The monoisotopic (exact) mass is 224 g/mol. The fourth-order valence-corrected chi connectivity index (χ4v) is 3.23. The normalized spacial score (nSPS) is 35.4. The molecule has 0 bridgehead atoms. The van der Waals surface area contributed by atoms with Crippen LogP contribution in [-0.4, -0.2) is 49.7 Å². The number of carbonyl (C=O) groups excluding carboxylic acids is 1. The Bertz CT molecular complexity index is 264. The van der Waals surface area contributed by atoms with E-state index >= 15 is 0 Å². The molecule has 3 saturated heterocycles. The number of hydrogen-bond acceptors (Lipinski definition) is 3. The second-order valence-electron chi connectivity index (χ2n) is 5.24. The molecule has 4 heteroatoms. The molecule has 0 aromatic heterocycles. The van der Waals surface area contributed by atoms with Crippen molar-refractivity contribution in [3.05, 3.63) is 0 Å². The molecule has 1 N–H and O–H groups in total. The van der Waals surface area contributed by atoms with E-state index in [2.05, 4.69) is 10.2 Å². The van der Waals surface area contributed by atoms with E-state index in [1.165, 1.54) is 6.42 Å². The zero-order chi connectivity index (χ0) is 11.0. The second kappa shape index (κ2) is 4.34. The molecular weight excluding hydrogens is 204 g/mol. The Balaban J connectivity index is 1.59. The average Bonchev–Trinajstić information content (AvgIpc) is 2.89. The molecule has 0 aromatic carbocycles. The number of rotatable bonds is 1. The molecule has 0 saturated carbocycles. The van der Waals surface area contributed by atoms with Crippen molar-refractivity contribution in [1.29, 1.82) is 0 Å². The molecule has 3 fully saturated rings. The van der Waals surface area contributed by atoms with Crippen LogP contribution in [0.3, 0.4) is 0 Å². The first-order valence-electron chi connectivity index (χ1n) is 6.44. The van der Waals surface area contributed by atoms with Crippen LogP contribution in [0, 0.1) is 11.8 Å². The van der Waals surface area contributed by atoms with Gasteiger partial charge in [-0.3, -0.25) is 4.79 Å². The molecule has 3 heterocycles. The third-order valence-corrected chi connectivity index (χ3v) is 4.24. The maximum Gasteiger partial charge on any atom is 0.225 e. The summed E-state index contributed by atoms with van der Waals surface area (Å²) in [6, 6.07) is 0.573. The number of hydrogen-bond donors (Lipinski definition) is 1. The van der Waals surface area contributed by atoms with Gasteiger partial charge < -0.3 is 15.0 Å². The van der Waals surface area contributed by atoms with Crippen LogP contribution in [0.2, 0.25) is 0 Å². The minimum Gasteiger partial charge on any atom is -0.381 e. The number of likely N-dealkylation sites (tertiary alicyclic amines) is 1. The molecule has 1 amide bonds. The van der Waals surface area contributed by atoms with Crippen LogP contribution in [0.1, 0.15) is 19.3 Å². The minimum absolute atomic E-state index is 0.229. The van der Waals surface area contributed by atoms with E-state index in [1.54, 1.807) is 0 Å². The van der Waals surface area contributed by atoms with Gasteiger partial charge in [0.2, 0.25) is 5.91 Å². The summed E-state index contributed by atoms with van der Waals surface area (Å²) in [4.78, 5) is 14.4. The summed E-state index contributed by atoms with van der Waals surface area (Å²) in [5.41, 5.74) is 0. The maximum atomic E-state index is 12.3. The Labute approximate surface area is 96.3 Å². The lowest BCUT2D eigenvalue weighted by atomic mass is 9.99. The Morgan fingerprint density at radius 3 is 2.75 bits per heavy atom.